The molecule has 24 heavy (non-hydrogen) atoms. The van der Waals surface area contributed by atoms with E-state index in [0.29, 0.717) is 36.8 Å². The topological polar surface area (TPSA) is 90.7 Å². The Bertz CT molecular complexity index is 698. The zero-order valence-corrected chi connectivity index (χ0v) is 13.5. The molecule has 2 aromatic rings. The van der Waals surface area contributed by atoms with Gasteiger partial charge in [0.1, 0.15) is 12.4 Å². The third-order valence-corrected chi connectivity index (χ3v) is 3.26. The normalized spacial score (nSPS) is 10.2. The SMILES string of the molecule is CCOCCOc1ccc(C(=O)Nc2ccccc2C(N)=O)cc1. The summed E-state index contributed by atoms with van der Waals surface area (Å²) in [4.78, 5) is 23.7. The molecule has 6 heteroatoms. The van der Waals surface area contributed by atoms with E-state index in [1.54, 1.807) is 48.5 Å². The van der Waals surface area contributed by atoms with Crippen molar-refractivity contribution in [2.45, 2.75) is 6.92 Å². The van der Waals surface area contributed by atoms with Gasteiger partial charge in [-0.25, -0.2) is 0 Å². The van der Waals surface area contributed by atoms with Crippen LogP contribution in [-0.2, 0) is 4.74 Å². The first-order chi connectivity index (χ1) is 11.6. The maximum absolute atomic E-state index is 12.3. The molecule has 0 saturated heterocycles. The molecule has 0 aliphatic carbocycles. The Balaban J connectivity index is 1.99. The fourth-order valence-corrected chi connectivity index (χ4v) is 2.07. The molecule has 0 saturated carbocycles. The van der Waals surface area contributed by atoms with Crippen molar-refractivity contribution >= 4 is 17.5 Å². The Labute approximate surface area is 140 Å². The first-order valence-electron chi connectivity index (χ1n) is 7.62. The van der Waals surface area contributed by atoms with E-state index in [9.17, 15) is 9.59 Å². The van der Waals surface area contributed by atoms with E-state index in [-0.39, 0.29) is 11.5 Å². The van der Waals surface area contributed by atoms with Gasteiger partial charge in [0.15, 0.2) is 0 Å². The monoisotopic (exact) mass is 328 g/mol. The molecule has 6 nitrogen and oxygen atoms in total. The third-order valence-electron chi connectivity index (χ3n) is 3.26. The van der Waals surface area contributed by atoms with Crippen LogP contribution in [0, 0.1) is 0 Å². The van der Waals surface area contributed by atoms with Gasteiger partial charge in [-0.1, -0.05) is 12.1 Å². The summed E-state index contributed by atoms with van der Waals surface area (Å²) in [5.74, 6) is -0.266. The Kier molecular flexibility index (Phi) is 6.33. The van der Waals surface area contributed by atoms with Crippen LogP contribution >= 0.6 is 0 Å². The van der Waals surface area contributed by atoms with Crippen LogP contribution in [0.5, 0.6) is 5.75 Å². The lowest BCUT2D eigenvalue weighted by atomic mass is 10.1. The average molecular weight is 328 g/mol. The number of amides is 2. The van der Waals surface area contributed by atoms with Gasteiger partial charge < -0.3 is 20.5 Å². The van der Waals surface area contributed by atoms with Crippen LogP contribution < -0.4 is 15.8 Å². The van der Waals surface area contributed by atoms with Crippen LogP contribution in [0.25, 0.3) is 0 Å². The van der Waals surface area contributed by atoms with Crippen molar-refractivity contribution in [3.8, 4) is 5.75 Å². The van der Waals surface area contributed by atoms with Gasteiger partial charge in [-0.05, 0) is 43.3 Å². The van der Waals surface area contributed by atoms with Gasteiger partial charge in [-0.2, -0.15) is 0 Å². The van der Waals surface area contributed by atoms with Crippen molar-refractivity contribution < 1.29 is 19.1 Å². The molecule has 126 valence electrons. The van der Waals surface area contributed by atoms with E-state index >= 15 is 0 Å². The predicted octanol–water partition coefficient (Wildman–Crippen LogP) is 2.45. The highest BCUT2D eigenvalue weighted by Crippen LogP contribution is 2.17. The largest absolute Gasteiger partial charge is 0.491 e. The van der Waals surface area contributed by atoms with Gasteiger partial charge in [0.2, 0.25) is 0 Å². The van der Waals surface area contributed by atoms with Crippen molar-refractivity contribution in [1.82, 2.24) is 0 Å². The molecule has 2 rings (SSSR count). The lowest BCUT2D eigenvalue weighted by molar-refractivity contribution is 0.100. The van der Waals surface area contributed by atoms with Crippen molar-refractivity contribution in [3.63, 3.8) is 0 Å². The molecule has 2 aromatic carbocycles. The molecule has 0 aromatic heterocycles. The highest BCUT2D eigenvalue weighted by Gasteiger charge is 2.11. The molecule has 0 aliphatic rings. The van der Waals surface area contributed by atoms with Gasteiger partial charge in [-0.15, -0.1) is 0 Å². The number of nitrogens with two attached hydrogens (primary N) is 1. The van der Waals surface area contributed by atoms with Gasteiger partial charge in [0.25, 0.3) is 11.8 Å². The highest BCUT2D eigenvalue weighted by molar-refractivity contribution is 6.08. The molecule has 0 unspecified atom stereocenters. The number of nitrogens with one attached hydrogen (secondary N) is 1. The summed E-state index contributed by atoms with van der Waals surface area (Å²) in [5, 5.41) is 2.69. The summed E-state index contributed by atoms with van der Waals surface area (Å²) in [5.41, 5.74) is 6.40. The van der Waals surface area contributed by atoms with Crippen molar-refractivity contribution in [1.29, 1.82) is 0 Å². The molecule has 0 spiro atoms. The maximum Gasteiger partial charge on any atom is 0.255 e. The van der Waals surface area contributed by atoms with E-state index in [1.807, 2.05) is 6.92 Å². The molecular formula is C18H20N2O4. The first kappa shape index (κ1) is 17.5. The molecule has 0 fully saturated rings. The zero-order valence-electron chi connectivity index (χ0n) is 13.5. The quantitative estimate of drug-likeness (QED) is 0.728. The Morgan fingerprint density at radius 2 is 1.75 bits per heavy atom. The Hall–Kier alpha value is -2.86. The van der Waals surface area contributed by atoms with Gasteiger partial charge in [0, 0.05) is 12.2 Å². The molecule has 0 radical (unpaired) electrons. The minimum atomic E-state index is -0.594. The second-order valence-electron chi connectivity index (χ2n) is 4.93. The molecule has 0 aliphatic heterocycles. The molecule has 0 atom stereocenters. The van der Waals surface area contributed by atoms with Gasteiger partial charge >= 0.3 is 0 Å². The molecular weight excluding hydrogens is 308 g/mol. The second kappa shape index (κ2) is 8.69. The summed E-state index contributed by atoms with van der Waals surface area (Å²) in [6, 6.07) is 13.3. The van der Waals surface area contributed by atoms with E-state index in [4.69, 9.17) is 15.2 Å². The fraction of sp³-hybridized carbons (Fsp3) is 0.222. The third kappa shape index (κ3) is 4.82. The van der Waals surface area contributed by atoms with Crippen LogP contribution in [-0.4, -0.2) is 31.6 Å². The molecule has 0 heterocycles. The number of anilines is 1. The van der Waals surface area contributed by atoms with E-state index in [2.05, 4.69) is 5.32 Å². The van der Waals surface area contributed by atoms with Crippen molar-refractivity contribution in [3.05, 3.63) is 59.7 Å². The number of carbonyl (C=O) groups is 2. The predicted molar refractivity (Wildman–Crippen MR) is 91.3 cm³/mol. The standard InChI is InChI=1S/C18H20N2O4/c1-2-23-11-12-24-14-9-7-13(8-10-14)18(22)20-16-6-4-3-5-15(16)17(19)21/h3-10H,2,11-12H2,1H3,(H2,19,21)(H,20,22). The van der Waals surface area contributed by atoms with Crippen LogP contribution in [0.3, 0.4) is 0 Å². The number of hydrogen-bond donors (Lipinski definition) is 2. The number of rotatable bonds is 8. The minimum absolute atomic E-state index is 0.265. The zero-order chi connectivity index (χ0) is 17.4. The van der Waals surface area contributed by atoms with Crippen LogP contribution in [0.1, 0.15) is 27.6 Å². The van der Waals surface area contributed by atoms with Crippen LogP contribution in [0.2, 0.25) is 0 Å². The van der Waals surface area contributed by atoms with Crippen molar-refractivity contribution in [2.24, 2.45) is 5.73 Å². The number of benzene rings is 2. The summed E-state index contributed by atoms with van der Waals surface area (Å²) in [7, 11) is 0. The highest BCUT2D eigenvalue weighted by atomic mass is 16.5. The van der Waals surface area contributed by atoms with Crippen LogP contribution in [0.15, 0.2) is 48.5 Å². The van der Waals surface area contributed by atoms with Crippen LogP contribution in [0.4, 0.5) is 5.69 Å². The summed E-state index contributed by atoms with van der Waals surface area (Å²) < 4.78 is 10.7. The number of para-hydroxylation sites is 1. The summed E-state index contributed by atoms with van der Waals surface area (Å²) in [6.45, 7) is 3.53. The molecule has 2 amide bonds. The second-order valence-corrected chi connectivity index (χ2v) is 4.93. The van der Waals surface area contributed by atoms with E-state index in [1.165, 1.54) is 0 Å². The molecule has 0 bridgehead atoms. The van der Waals surface area contributed by atoms with Gasteiger partial charge in [-0.3, -0.25) is 9.59 Å². The van der Waals surface area contributed by atoms with Gasteiger partial charge in [0.05, 0.1) is 17.9 Å². The maximum atomic E-state index is 12.3. The Morgan fingerprint density at radius 1 is 1.04 bits per heavy atom. The molecule has 3 N–H and O–H groups in total. The lowest BCUT2D eigenvalue weighted by Crippen LogP contribution is -2.18. The Morgan fingerprint density at radius 3 is 2.42 bits per heavy atom. The minimum Gasteiger partial charge on any atom is -0.491 e. The van der Waals surface area contributed by atoms with E-state index < -0.39 is 5.91 Å². The first-order valence-corrected chi connectivity index (χ1v) is 7.62. The summed E-state index contributed by atoms with van der Waals surface area (Å²) in [6.07, 6.45) is 0. The number of carbonyl (C=O) groups excluding carboxylic acids is 2. The fourth-order valence-electron chi connectivity index (χ4n) is 2.07. The number of primary amides is 1. The average Bonchev–Trinajstić information content (AvgIpc) is 2.59. The lowest BCUT2D eigenvalue weighted by Gasteiger charge is -2.10. The van der Waals surface area contributed by atoms with E-state index in [0.717, 1.165) is 0 Å². The smallest absolute Gasteiger partial charge is 0.255 e. The van der Waals surface area contributed by atoms with Crippen molar-refractivity contribution in [2.75, 3.05) is 25.1 Å². The number of ether oxygens (including phenoxy) is 2. The summed E-state index contributed by atoms with van der Waals surface area (Å²) >= 11 is 0. The number of hydrogen-bond acceptors (Lipinski definition) is 4.